The maximum absolute atomic E-state index is 12.5. The first-order valence-corrected chi connectivity index (χ1v) is 8.17. The van der Waals surface area contributed by atoms with E-state index in [1.54, 1.807) is 7.11 Å². The lowest BCUT2D eigenvalue weighted by molar-refractivity contribution is -0.0510. The first-order valence-electron chi connectivity index (χ1n) is 8.17. The highest BCUT2D eigenvalue weighted by molar-refractivity contribution is 5.74. The molecule has 0 radical (unpaired) electrons. The van der Waals surface area contributed by atoms with Crippen LogP contribution in [0.2, 0.25) is 0 Å². The minimum Gasteiger partial charge on any atom is -0.481 e. The van der Waals surface area contributed by atoms with Crippen LogP contribution in [0.15, 0.2) is 24.4 Å². The number of carbonyl (C=O) groups excluding carboxylic acids is 1. The minimum absolute atomic E-state index is 0.0132. The molecular weight excluding hydrogens is 308 g/mol. The number of nitrogens with zero attached hydrogens (tertiary/aromatic N) is 2. The number of methoxy groups -OCH3 is 1. The number of aromatic nitrogens is 1. The fourth-order valence-corrected chi connectivity index (χ4v) is 3.10. The van der Waals surface area contributed by atoms with Gasteiger partial charge in [0.1, 0.15) is 5.60 Å². The van der Waals surface area contributed by atoms with Gasteiger partial charge in [-0.3, -0.25) is 4.90 Å². The van der Waals surface area contributed by atoms with Crippen LogP contribution in [0.5, 0.6) is 5.88 Å². The summed E-state index contributed by atoms with van der Waals surface area (Å²) in [5.41, 5.74) is 1.73. The number of hydrogen-bond donors (Lipinski definition) is 0. The van der Waals surface area contributed by atoms with Crippen molar-refractivity contribution in [3.63, 3.8) is 0 Å². The summed E-state index contributed by atoms with van der Waals surface area (Å²) in [4.78, 5) is 18.6. The van der Waals surface area contributed by atoms with E-state index in [2.05, 4.69) is 11.1 Å². The number of morpholine rings is 1. The molecular formula is C18H24N2O4. The van der Waals surface area contributed by atoms with Crippen molar-refractivity contribution in [2.24, 2.45) is 0 Å². The van der Waals surface area contributed by atoms with E-state index in [4.69, 9.17) is 14.2 Å². The van der Waals surface area contributed by atoms with Gasteiger partial charge in [-0.15, -0.1) is 0 Å². The van der Waals surface area contributed by atoms with Crippen molar-refractivity contribution in [1.82, 2.24) is 9.88 Å². The van der Waals surface area contributed by atoms with Gasteiger partial charge in [0.2, 0.25) is 5.88 Å². The Balaban J connectivity index is 1.82. The van der Waals surface area contributed by atoms with Crippen LogP contribution in [-0.4, -0.2) is 54.0 Å². The van der Waals surface area contributed by atoms with Crippen molar-refractivity contribution in [1.29, 1.82) is 0 Å². The van der Waals surface area contributed by atoms with Crippen LogP contribution in [0.1, 0.15) is 32.8 Å². The minimum atomic E-state index is -0.504. The third kappa shape index (κ3) is 3.53. The topological polar surface area (TPSA) is 60.9 Å². The summed E-state index contributed by atoms with van der Waals surface area (Å²) in [6.07, 6.45) is 4.35. The normalized spacial score (nSPS) is 23.5. The molecule has 0 saturated carbocycles. The highest BCUT2D eigenvalue weighted by Gasteiger charge is 2.40. The van der Waals surface area contributed by atoms with Crippen LogP contribution in [0.4, 0.5) is 4.79 Å². The van der Waals surface area contributed by atoms with Crippen LogP contribution in [0, 0.1) is 0 Å². The number of carbonyl (C=O) groups is 1. The molecule has 24 heavy (non-hydrogen) atoms. The molecule has 1 aromatic heterocycles. The fourth-order valence-electron chi connectivity index (χ4n) is 3.10. The number of fused-ring (bicyclic) bond motifs is 2. The molecule has 3 heterocycles. The largest absolute Gasteiger partial charge is 0.481 e. The Morgan fingerprint density at radius 3 is 2.71 bits per heavy atom. The number of rotatable bonds is 2. The second kappa shape index (κ2) is 6.43. The molecule has 2 bridgehead atoms. The smallest absolute Gasteiger partial charge is 0.411 e. The van der Waals surface area contributed by atoms with Crippen molar-refractivity contribution in [3.8, 4) is 5.88 Å². The maximum Gasteiger partial charge on any atom is 0.411 e. The lowest BCUT2D eigenvalue weighted by Crippen LogP contribution is -2.57. The average molecular weight is 332 g/mol. The Hall–Kier alpha value is -2.08. The number of pyridine rings is 1. The first-order chi connectivity index (χ1) is 11.4. The average Bonchev–Trinajstić information content (AvgIpc) is 2.52. The summed E-state index contributed by atoms with van der Waals surface area (Å²) in [5.74, 6) is 0.592. The molecule has 0 spiro atoms. The monoisotopic (exact) mass is 332 g/mol. The molecule has 0 N–H and O–H groups in total. The molecule has 1 saturated heterocycles. The Morgan fingerprint density at radius 2 is 2.12 bits per heavy atom. The summed E-state index contributed by atoms with van der Waals surface area (Å²) in [5, 5.41) is 0. The zero-order chi connectivity index (χ0) is 17.3. The van der Waals surface area contributed by atoms with Gasteiger partial charge in [-0.2, -0.15) is 0 Å². The molecule has 2 aliphatic rings. The molecule has 1 amide bonds. The number of hydrogen-bond acceptors (Lipinski definition) is 5. The van der Waals surface area contributed by atoms with Gasteiger partial charge in [0.15, 0.2) is 0 Å². The number of ether oxygens (including phenoxy) is 3. The van der Waals surface area contributed by atoms with Crippen molar-refractivity contribution < 1.29 is 19.0 Å². The van der Waals surface area contributed by atoms with E-state index < -0.39 is 5.60 Å². The number of amides is 1. The van der Waals surface area contributed by atoms with Crippen molar-refractivity contribution >= 4 is 11.7 Å². The zero-order valence-corrected chi connectivity index (χ0v) is 14.6. The van der Waals surface area contributed by atoms with Gasteiger partial charge in [0.05, 0.1) is 32.4 Å². The van der Waals surface area contributed by atoms with Gasteiger partial charge in [-0.1, -0.05) is 6.08 Å². The van der Waals surface area contributed by atoms with Crippen molar-refractivity contribution in [2.75, 3.05) is 20.3 Å². The van der Waals surface area contributed by atoms with Crippen LogP contribution in [-0.2, 0) is 9.47 Å². The van der Waals surface area contributed by atoms with Crippen molar-refractivity contribution in [3.05, 3.63) is 30.0 Å². The molecule has 3 rings (SSSR count). The quantitative estimate of drug-likeness (QED) is 0.833. The molecule has 6 nitrogen and oxygen atoms in total. The van der Waals surface area contributed by atoms with E-state index in [0.29, 0.717) is 19.1 Å². The lowest BCUT2D eigenvalue weighted by Gasteiger charge is -2.44. The third-order valence-corrected chi connectivity index (χ3v) is 4.12. The molecule has 6 heteroatoms. The maximum atomic E-state index is 12.5. The van der Waals surface area contributed by atoms with Gasteiger partial charge < -0.3 is 14.2 Å². The highest BCUT2D eigenvalue weighted by Crippen LogP contribution is 2.33. The second-order valence-corrected chi connectivity index (χ2v) is 7.13. The zero-order valence-electron chi connectivity index (χ0n) is 14.6. The van der Waals surface area contributed by atoms with Crippen LogP contribution in [0.3, 0.4) is 0 Å². The molecule has 130 valence electrons. The Bertz CT molecular complexity index is 633. The van der Waals surface area contributed by atoms with E-state index in [-0.39, 0.29) is 18.2 Å². The highest BCUT2D eigenvalue weighted by atomic mass is 16.6. The standard InChI is InChI=1S/C18H24N2O4/c1-18(2,3)24-17(21)20-14-7-13(8-15(20)11-23-10-14)12-5-6-16(22-4)19-9-12/h5-7,9,14-15H,8,10-11H2,1-4H3. The third-order valence-electron chi connectivity index (χ3n) is 4.12. The SMILES string of the molecule is COc1ccc(C2=CC3COCC(C2)N3C(=O)OC(C)(C)C)cn1. The van der Waals surface area contributed by atoms with E-state index in [0.717, 1.165) is 12.0 Å². The molecule has 1 fully saturated rings. The van der Waals surface area contributed by atoms with Gasteiger partial charge in [0, 0.05) is 12.3 Å². The van der Waals surface area contributed by atoms with Crippen molar-refractivity contribution in [2.45, 2.75) is 44.9 Å². The summed E-state index contributed by atoms with van der Waals surface area (Å²) in [6.45, 7) is 6.65. The molecule has 2 aliphatic heterocycles. The predicted octanol–water partition coefficient (Wildman–Crippen LogP) is 2.88. The fraction of sp³-hybridized carbons (Fsp3) is 0.556. The van der Waals surface area contributed by atoms with Gasteiger partial charge >= 0.3 is 6.09 Å². The van der Waals surface area contributed by atoms with Gasteiger partial charge in [0.25, 0.3) is 0 Å². The van der Waals surface area contributed by atoms with Crippen LogP contribution < -0.4 is 4.74 Å². The molecule has 0 aliphatic carbocycles. The lowest BCUT2D eigenvalue weighted by atomic mass is 9.91. The van der Waals surface area contributed by atoms with E-state index >= 15 is 0 Å². The van der Waals surface area contributed by atoms with Crippen LogP contribution in [0.25, 0.3) is 5.57 Å². The molecule has 1 aromatic rings. The van der Waals surface area contributed by atoms with E-state index in [9.17, 15) is 4.79 Å². The Kier molecular flexibility index (Phi) is 4.49. The Morgan fingerprint density at radius 1 is 1.33 bits per heavy atom. The second-order valence-electron chi connectivity index (χ2n) is 7.13. The molecule has 2 atom stereocenters. The predicted molar refractivity (Wildman–Crippen MR) is 89.9 cm³/mol. The summed E-state index contributed by atoms with van der Waals surface area (Å²) >= 11 is 0. The van der Waals surface area contributed by atoms with E-state index in [1.165, 1.54) is 5.57 Å². The first kappa shape index (κ1) is 16.8. The van der Waals surface area contributed by atoms with Gasteiger partial charge in [-0.05, 0) is 44.4 Å². The van der Waals surface area contributed by atoms with Crippen LogP contribution >= 0.6 is 0 Å². The summed E-state index contributed by atoms with van der Waals surface area (Å²) < 4.78 is 16.3. The molecule has 0 aromatic carbocycles. The summed E-state index contributed by atoms with van der Waals surface area (Å²) in [6, 6.07) is 3.73. The van der Waals surface area contributed by atoms with E-state index in [1.807, 2.05) is 44.0 Å². The molecule has 2 unspecified atom stereocenters. The van der Waals surface area contributed by atoms with Gasteiger partial charge in [-0.25, -0.2) is 9.78 Å². The summed E-state index contributed by atoms with van der Waals surface area (Å²) in [7, 11) is 1.60. The Labute approximate surface area is 142 Å².